The lowest BCUT2D eigenvalue weighted by Crippen LogP contribution is -2.45. The Bertz CT molecular complexity index is 848. The molecule has 1 aliphatic carbocycles. The highest BCUT2D eigenvalue weighted by atomic mass is 16.5. The highest BCUT2D eigenvalue weighted by molar-refractivity contribution is 5.99. The van der Waals surface area contributed by atoms with Gasteiger partial charge in [0.1, 0.15) is 17.1 Å². The van der Waals surface area contributed by atoms with Gasteiger partial charge >= 0.3 is 0 Å². The number of allylic oxidation sites excluding steroid dienone is 2. The number of carbonyl (C=O) groups excluding carboxylic acids is 1. The summed E-state index contributed by atoms with van der Waals surface area (Å²) in [6, 6.07) is 2.07. The Labute approximate surface area is 181 Å². The van der Waals surface area contributed by atoms with E-state index in [1.165, 1.54) is 5.57 Å². The first kappa shape index (κ1) is 21.3. The molecule has 1 saturated heterocycles. The number of phenols is 1. The summed E-state index contributed by atoms with van der Waals surface area (Å²) in [5.74, 6) is 1.35. The first-order chi connectivity index (χ1) is 14.3. The molecule has 3 aliphatic rings. The third kappa shape index (κ3) is 3.74. The van der Waals surface area contributed by atoms with Gasteiger partial charge in [-0.1, -0.05) is 31.4 Å². The summed E-state index contributed by atoms with van der Waals surface area (Å²) < 4.78 is 6.50. The highest BCUT2D eigenvalue weighted by Gasteiger charge is 2.46. The van der Waals surface area contributed by atoms with Gasteiger partial charge in [-0.15, -0.1) is 0 Å². The maximum Gasteiger partial charge on any atom is 0.257 e. The Morgan fingerprint density at radius 3 is 2.70 bits per heavy atom. The molecule has 4 heteroatoms. The van der Waals surface area contributed by atoms with Crippen molar-refractivity contribution in [3.8, 4) is 11.5 Å². The van der Waals surface area contributed by atoms with Crippen molar-refractivity contribution in [1.82, 2.24) is 4.90 Å². The fourth-order valence-corrected chi connectivity index (χ4v) is 5.69. The first-order valence-corrected chi connectivity index (χ1v) is 11.9. The normalized spacial score (nSPS) is 24.7. The molecule has 1 amide bonds. The Morgan fingerprint density at radius 1 is 1.27 bits per heavy atom. The van der Waals surface area contributed by atoms with Gasteiger partial charge in [-0.3, -0.25) is 4.79 Å². The lowest BCUT2D eigenvalue weighted by molar-refractivity contribution is 0.0106. The Hall–Kier alpha value is -1.97. The number of nitrogens with zero attached hydrogens (tertiary/aromatic N) is 1. The van der Waals surface area contributed by atoms with Crippen molar-refractivity contribution in [3.05, 3.63) is 34.4 Å². The van der Waals surface area contributed by atoms with E-state index in [4.69, 9.17) is 4.74 Å². The third-order valence-electron chi connectivity index (χ3n) is 7.39. The van der Waals surface area contributed by atoms with Crippen LogP contribution in [0.3, 0.4) is 0 Å². The minimum Gasteiger partial charge on any atom is -0.507 e. The number of amides is 1. The topological polar surface area (TPSA) is 49.8 Å². The molecule has 0 saturated carbocycles. The van der Waals surface area contributed by atoms with E-state index in [1.807, 2.05) is 4.90 Å². The Kier molecular flexibility index (Phi) is 5.87. The predicted molar refractivity (Wildman–Crippen MR) is 120 cm³/mol. The second-order valence-electron chi connectivity index (χ2n) is 10.0. The average Bonchev–Trinajstić information content (AvgIpc) is 3.21. The van der Waals surface area contributed by atoms with E-state index in [2.05, 4.69) is 39.8 Å². The van der Waals surface area contributed by atoms with E-state index in [1.54, 1.807) is 0 Å². The Morgan fingerprint density at radius 2 is 2.00 bits per heavy atom. The lowest BCUT2D eigenvalue weighted by atomic mass is 9.67. The van der Waals surface area contributed by atoms with Gasteiger partial charge < -0.3 is 14.7 Å². The average molecular weight is 412 g/mol. The molecule has 1 N–H and O–H groups in total. The summed E-state index contributed by atoms with van der Waals surface area (Å²) in [7, 11) is 0. The molecule has 0 unspecified atom stereocenters. The van der Waals surface area contributed by atoms with Gasteiger partial charge in [-0.2, -0.15) is 0 Å². The van der Waals surface area contributed by atoms with Gasteiger partial charge in [0.25, 0.3) is 5.91 Å². The quantitative estimate of drug-likeness (QED) is 0.479. The van der Waals surface area contributed by atoms with Crippen LogP contribution in [0.15, 0.2) is 17.7 Å². The summed E-state index contributed by atoms with van der Waals surface area (Å²) in [6.45, 7) is 10.3. The maximum atomic E-state index is 13.5. The van der Waals surface area contributed by atoms with Crippen LogP contribution in [-0.2, 0) is 6.42 Å². The van der Waals surface area contributed by atoms with Gasteiger partial charge in [0.15, 0.2) is 0 Å². The summed E-state index contributed by atoms with van der Waals surface area (Å²) >= 11 is 0. The van der Waals surface area contributed by atoms with E-state index in [0.717, 1.165) is 81.3 Å². The van der Waals surface area contributed by atoms with E-state index in [9.17, 15) is 9.90 Å². The number of fused-ring (bicyclic) bond motifs is 3. The van der Waals surface area contributed by atoms with E-state index < -0.39 is 0 Å². The van der Waals surface area contributed by atoms with Crippen LogP contribution < -0.4 is 4.74 Å². The van der Waals surface area contributed by atoms with Gasteiger partial charge in [0.05, 0.1) is 5.56 Å². The lowest BCUT2D eigenvalue weighted by Gasteiger charge is -2.46. The molecule has 0 aromatic heterocycles. The van der Waals surface area contributed by atoms with Crippen LogP contribution in [0.4, 0.5) is 0 Å². The molecule has 164 valence electrons. The van der Waals surface area contributed by atoms with Crippen molar-refractivity contribution in [2.45, 2.75) is 90.6 Å². The number of aryl methyl sites for hydroxylation is 1. The smallest absolute Gasteiger partial charge is 0.257 e. The molecule has 4 nitrogen and oxygen atoms in total. The van der Waals surface area contributed by atoms with Crippen molar-refractivity contribution in [1.29, 1.82) is 0 Å². The van der Waals surface area contributed by atoms with Crippen molar-refractivity contribution >= 4 is 5.91 Å². The molecular weight excluding hydrogens is 374 g/mol. The minimum atomic E-state index is -0.289. The van der Waals surface area contributed by atoms with Crippen LogP contribution in [0.25, 0.3) is 0 Å². The van der Waals surface area contributed by atoms with Crippen LogP contribution in [0.5, 0.6) is 11.5 Å². The number of aromatic hydroxyl groups is 1. The van der Waals surface area contributed by atoms with E-state index >= 15 is 0 Å². The minimum absolute atomic E-state index is 0.00260. The van der Waals surface area contributed by atoms with Crippen molar-refractivity contribution in [2.75, 3.05) is 13.1 Å². The van der Waals surface area contributed by atoms with Crippen LogP contribution in [-0.4, -0.2) is 34.6 Å². The van der Waals surface area contributed by atoms with E-state index in [-0.39, 0.29) is 23.2 Å². The zero-order valence-electron chi connectivity index (χ0n) is 19.1. The number of hydrogen-bond donors (Lipinski definition) is 1. The van der Waals surface area contributed by atoms with Crippen LogP contribution >= 0.6 is 0 Å². The fraction of sp³-hybridized carbons (Fsp3) is 0.654. The SMILES string of the molecule is CCCCCc1cc2c(c(O)c1C(=O)N1CCCC1)[C@@H]1C=C(C)CC[C@H]1C(C)(C)O2. The highest BCUT2D eigenvalue weighted by Crippen LogP contribution is 2.54. The third-order valence-corrected chi connectivity index (χ3v) is 7.39. The number of phenolic OH excluding ortho intramolecular Hbond substituents is 1. The molecule has 0 bridgehead atoms. The molecule has 30 heavy (non-hydrogen) atoms. The largest absolute Gasteiger partial charge is 0.507 e. The molecule has 2 atom stereocenters. The second kappa shape index (κ2) is 8.28. The van der Waals surface area contributed by atoms with Crippen molar-refractivity contribution in [3.63, 3.8) is 0 Å². The molecule has 2 heterocycles. The number of unbranched alkanes of at least 4 members (excludes halogenated alkanes) is 2. The van der Waals surface area contributed by atoms with Gasteiger partial charge in [-0.05, 0) is 70.9 Å². The van der Waals surface area contributed by atoms with Gasteiger partial charge in [-0.25, -0.2) is 0 Å². The van der Waals surface area contributed by atoms with Crippen LogP contribution in [0.2, 0.25) is 0 Å². The van der Waals surface area contributed by atoms with Gasteiger partial charge in [0, 0.05) is 30.5 Å². The molecular formula is C26H37NO3. The molecule has 4 rings (SSSR count). The Balaban J connectivity index is 1.84. The van der Waals surface area contributed by atoms with Crippen molar-refractivity contribution < 1.29 is 14.6 Å². The van der Waals surface area contributed by atoms with Gasteiger partial charge in [0.2, 0.25) is 0 Å². The summed E-state index contributed by atoms with van der Waals surface area (Å²) in [6.07, 6.45) is 10.6. The molecule has 0 spiro atoms. The molecule has 1 aromatic rings. The first-order valence-electron chi connectivity index (χ1n) is 11.9. The molecule has 1 aromatic carbocycles. The monoisotopic (exact) mass is 411 g/mol. The molecule has 0 radical (unpaired) electrons. The second-order valence-corrected chi connectivity index (χ2v) is 10.0. The zero-order valence-corrected chi connectivity index (χ0v) is 19.1. The zero-order chi connectivity index (χ0) is 21.5. The van der Waals surface area contributed by atoms with Crippen LogP contribution in [0, 0.1) is 5.92 Å². The fourth-order valence-electron chi connectivity index (χ4n) is 5.69. The maximum absolute atomic E-state index is 13.5. The van der Waals surface area contributed by atoms with Crippen LogP contribution in [0.1, 0.15) is 100 Å². The summed E-state index contributed by atoms with van der Waals surface area (Å²) in [4.78, 5) is 15.4. The summed E-state index contributed by atoms with van der Waals surface area (Å²) in [5.41, 5.74) is 3.38. The number of carbonyl (C=O) groups is 1. The molecule has 2 aliphatic heterocycles. The number of rotatable bonds is 5. The summed E-state index contributed by atoms with van der Waals surface area (Å²) in [5, 5.41) is 11.5. The number of likely N-dealkylation sites (tertiary alicyclic amines) is 1. The molecule has 1 fully saturated rings. The predicted octanol–water partition coefficient (Wildman–Crippen LogP) is 5.97. The number of benzene rings is 1. The standard InChI is InChI=1S/C26H37NO3/c1-5-6-7-10-18-16-21-23(24(28)22(18)25(29)27-13-8-9-14-27)19-15-17(2)11-12-20(19)26(3,4)30-21/h15-16,19-20,28H,5-14H2,1-4H3/t19-,20-/m1/s1. The van der Waals surface area contributed by atoms with Crippen molar-refractivity contribution in [2.24, 2.45) is 5.92 Å². The number of hydrogen-bond acceptors (Lipinski definition) is 3. The van der Waals surface area contributed by atoms with E-state index in [0.29, 0.717) is 11.5 Å². The number of ether oxygens (including phenoxy) is 1.